The lowest BCUT2D eigenvalue weighted by atomic mass is 9.92. The number of halogens is 1. The van der Waals surface area contributed by atoms with Gasteiger partial charge in [0.25, 0.3) is 0 Å². The molecule has 0 amide bonds. The van der Waals surface area contributed by atoms with E-state index in [9.17, 15) is 4.39 Å². The van der Waals surface area contributed by atoms with Crippen molar-refractivity contribution in [3.05, 3.63) is 29.6 Å². The standard InChI is InChI=1S/C12H14FN3OS/c1-12(6-17-5-11(14)16-12)9-4-8(15-7-18)2-3-10(9)13/h2-4,7H,5-6H2,1H3,(H2,14,16)(H,15,18). The van der Waals surface area contributed by atoms with E-state index in [1.165, 1.54) is 11.6 Å². The van der Waals surface area contributed by atoms with Crippen molar-refractivity contribution in [1.82, 2.24) is 0 Å². The van der Waals surface area contributed by atoms with Gasteiger partial charge in [-0.25, -0.2) is 4.39 Å². The fourth-order valence-electron chi connectivity index (χ4n) is 1.97. The lowest BCUT2D eigenvalue weighted by Gasteiger charge is -2.30. The van der Waals surface area contributed by atoms with Crippen molar-refractivity contribution in [3.63, 3.8) is 0 Å². The second-order valence-corrected chi connectivity index (χ2v) is 4.56. The van der Waals surface area contributed by atoms with Crippen LogP contribution in [0.4, 0.5) is 10.1 Å². The molecule has 1 aliphatic rings. The average molecular weight is 267 g/mol. The topological polar surface area (TPSA) is 59.6 Å². The number of ether oxygens (including phenoxy) is 1. The highest BCUT2D eigenvalue weighted by Gasteiger charge is 2.32. The SMILES string of the molecule is CC1(c2cc(NC=S)ccc2F)COCC(N)=N1. The van der Waals surface area contributed by atoms with E-state index in [1.54, 1.807) is 19.1 Å². The van der Waals surface area contributed by atoms with Gasteiger partial charge in [-0.2, -0.15) is 0 Å². The molecule has 0 aromatic heterocycles. The van der Waals surface area contributed by atoms with Crippen LogP contribution in [-0.2, 0) is 10.3 Å². The van der Waals surface area contributed by atoms with E-state index in [2.05, 4.69) is 10.3 Å². The summed E-state index contributed by atoms with van der Waals surface area (Å²) in [5, 5.41) is 2.85. The third-order valence-corrected chi connectivity index (χ3v) is 2.91. The predicted molar refractivity (Wildman–Crippen MR) is 73.5 cm³/mol. The molecule has 0 bridgehead atoms. The minimum atomic E-state index is -0.800. The van der Waals surface area contributed by atoms with Crippen molar-refractivity contribution in [3.8, 4) is 0 Å². The van der Waals surface area contributed by atoms with Crippen LogP contribution < -0.4 is 11.1 Å². The lowest BCUT2D eigenvalue weighted by Crippen LogP contribution is -2.38. The number of nitrogens with two attached hydrogens (primary N) is 1. The van der Waals surface area contributed by atoms with Gasteiger partial charge in [-0.05, 0) is 25.1 Å². The number of hydrogen-bond acceptors (Lipinski definition) is 4. The van der Waals surface area contributed by atoms with Gasteiger partial charge in [-0.1, -0.05) is 12.2 Å². The largest absolute Gasteiger partial charge is 0.386 e. The van der Waals surface area contributed by atoms with Crippen LogP contribution >= 0.6 is 12.2 Å². The molecule has 96 valence electrons. The van der Waals surface area contributed by atoms with E-state index in [-0.39, 0.29) is 12.4 Å². The molecule has 1 aromatic carbocycles. The van der Waals surface area contributed by atoms with Crippen molar-refractivity contribution in [2.75, 3.05) is 18.5 Å². The second-order valence-electron chi connectivity index (χ2n) is 4.33. The minimum absolute atomic E-state index is 0.287. The smallest absolute Gasteiger partial charge is 0.129 e. The highest BCUT2D eigenvalue weighted by Crippen LogP contribution is 2.31. The Hall–Kier alpha value is -1.53. The molecule has 0 radical (unpaired) electrons. The molecule has 1 atom stereocenters. The summed E-state index contributed by atoms with van der Waals surface area (Å²) in [4.78, 5) is 4.31. The van der Waals surface area contributed by atoms with Crippen molar-refractivity contribution in [1.29, 1.82) is 0 Å². The number of aliphatic imine (C=N–C) groups is 1. The minimum Gasteiger partial charge on any atom is -0.386 e. The van der Waals surface area contributed by atoms with Gasteiger partial charge in [0.1, 0.15) is 23.8 Å². The lowest BCUT2D eigenvalue weighted by molar-refractivity contribution is 0.104. The number of thiocarbonyl (C=S) groups is 1. The number of anilines is 1. The average Bonchev–Trinajstić information content (AvgIpc) is 2.31. The van der Waals surface area contributed by atoms with Crippen LogP contribution in [0.1, 0.15) is 12.5 Å². The molecule has 0 fully saturated rings. The molecule has 1 aliphatic heterocycles. The van der Waals surface area contributed by atoms with Crippen LogP contribution in [0.2, 0.25) is 0 Å². The molecular weight excluding hydrogens is 253 g/mol. The highest BCUT2D eigenvalue weighted by molar-refractivity contribution is 7.79. The van der Waals surface area contributed by atoms with Crippen molar-refractivity contribution < 1.29 is 9.13 Å². The van der Waals surface area contributed by atoms with E-state index in [0.717, 1.165) is 0 Å². The summed E-state index contributed by atoms with van der Waals surface area (Å²) in [7, 11) is 0. The Morgan fingerprint density at radius 2 is 2.39 bits per heavy atom. The normalized spacial score (nSPS) is 23.3. The van der Waals surface area contributed by atoms with Gasteiger partial charge in [0, 0.05) is 11.3 Å². The molecule has 6 heteroatoms. The predicted octanol–water partition coefficient (Wildman–Crippen LogP) is 1.80. The van der Waals surface area contributed by atoms with Gasteiger partial charge in [-0.15, -0.1) is 0 Å². The van der Waals surface area contributed by atoms with Crippen molar-refractivity contribution in [2.45, 2.75) is 12.5 Å². The molecule has 0 saturated carbocycles. The Bertz CT molecular complexity index is 506. The summed E-state index contributed by atoms with van der Waals surface area (Å²) in [6, 6.07) is 4.66. The number of rotatable bonds is 3. The van der Waals surface area contributed by atoms with E-state index < -0.39 is 5.54 Å². The van der Waals surface area contributed by atoms with Crippen LogP contribution in [-0.4, -0.2) is 24.5 Å². The monoisotopic (exact) mass is 267 g/mol. The molecular formula is C12H14FN3OS. The Kier molecular flexibility index (Phi) is 3.58. The molecule has 1 heterocycles. The van der Waals surface area contributed by atoms with Crippen LogP contribution in [0.15, 0.2) is 23.2 Å². The van der Waals surface area contributed by atoms with E-state index in [1.807, 2.05) is 0 Å². The first kappa shape index (κ1) is 12.9. The molecule has 4 nitrogen and oxygen atoms in total. The number of nitrogens with one attached hydrogen (secondary N) is 1. The maximum absolute atomic E-state index is 13.9. The van der Waals surface area contributed by atoms with Gasteiger partial charge in [0.2, 0.25) is 0 Å². The first-order valence-corrected chi connectivity index (χ1v) is 5.94. The summed E-state index contributed by atoms with van der Waals surface area (Å²) in [5.74, 6) is 0.0332. The molecule has 1 unspecified atom stereocenters. The van der Waals surface area contributed by atoms with Gasteiger partial charge < -0.3 is 15.8 Å². The summed E-state index contributed by atoms with van der Waals surface area (Å²) in [5.41, 5.74) is 7.38. The zero-order valence-electron chi connectivity index (χ0n) is 9.94. The zero-order chi connectivity index (χ0) is 13.2. The van der Waals surface area contributed by atoms with Gasteiger partial charge in [0.15, 0.2) is 0 Å². The number of benzene rings is 1. The fourth-order valence-corrected chi connectivity index (χ4v) is 2.11. The van der Waals surface area contributed by atoms with Gasteiger partial charge in [-0.3, -0.25) is 4.99 Å². The van der Waals surface area contributed by atoms with Crippen molar-refractivity contribution in [2.24, 2.45) is 10.7 Å². The Morgan fingerprint density at radius 1 is 1.61 bits per heavy atom. The molecule has 2 rings (SSSR count). The summed E-state index contributed by atoms with van der Waals surface area (Å²) >= 11 is 4.71. The molecule has 1 aromatic rings. The fraction of sp³-hybridized carbons (Fsp3) is 0.333. The maximum atomic E-state index is 13.9. The van der Waals surface area contributed by atoms with Crippen LogP contribution in [0.3, 0.4) is 0 Å². The van der Waals surface area contributed by atoms with Crippen LogP contribution in [0.25, 0.3) is 0 Å². The molecule has 3 N–H and O–H groups in total. The zero-order valence-corrected chi connectivity index (χ0v) is 10.8. The Morgan fingerprint density at radius 3 is 3.06 bits per heavy atom. The first-order chi connectivity index (χ1) is 8.55. The van der Waals surface area contributed by atoms with E-state index >= 15 is 0 Å². The van der Waals surface area contributed by atoms with Crippen molar-refractivity contribution >= 4 is 29.2 Å². The van der Waals surface area contributed by atoms with E-state index in [4.69, 9.17) is 22.7 Å². The molecule has 18 heavy (non-hydrogen) atoms. The van der Waals surface area contributed by atoms with Crippen LogP contribution in [0.5, 0.6) is 0 Å². The summed E-state index contributed by atoms with van der Waals surface area (Å²) < 4.78 is 19.3. The van der Waals surface area contributed by atoms with E-state index in [0.29, 0.717) is 23.7 Å². The Labute approximate surface area is 110 Å². The first-order valence-electron chi connectivity index (χ1n) is 5.47. The number of amidine groups is 1. The molecule has 0 spiro atoms. The third-order valence-electron chi connectivity index (χ3n) is 2.80. The number of nitrogens with zero attached hydrogens (tertiary/aromatic N) is 1. The third kappa shape index (κ3) is 2.49. The number of hydrogen-bond donors (Lipinski definition) is 2. The second kappa shape index (κ2) is 4.99. The Balaban J connectivity index is 2.45. The van der Waals surface area contributed by atoms with Crippen LogP contribution in [0, 0.1) is 5.82 Å². The summed E-state index contributed by atoms with van der Waals surface area (Å²) in [6.45, 7) is 2.37. The van der Waals surface area contributed by atoms with Gasteiger partial charge in [0.05, 0.1) is 12.1 Å². The molecule has 0 saturated heterocycles. The molecule has 0 aliphatic carbocycles. The highest BCUT2D eigenvalue weighted by atomic mass is 32.1. The summed E-state index contributed by atoms with van der Waals surface area (Å²) in [6.07, 6.45) is 0. The quantitative estimate of drug-likeness (QED) is 0.820. The maximum Gasteiger partial charge on any atom is 0.129 e. The van der Waals surface area contributed by atoms with Gasteiger partial charge >= 0.3 is 0 Å².